The molecule has 0 aliphatic carbocycles. The van der Waals surface area contributed by atoms with Crippen LogP contribution in [0.3, 0.4) is 0 Å². The lowest BCUT2D eigenvalue weighted by molar-refractivity contribution is -0.117. The fourth-order valence-electron chi connectivity index (χ4n) is 1.62. The van der Waals surface area contributed by atoms with Gasteiger partial charge in [-0.2, -0.15) is 0 Å². The van der Waals surface area contributed by atoms with E-state index in [1.165, 1.54) is 6.08 Å². The highest BCUT2D eigenvalue weighted by atomic mass is 16.3. The van der Waals surface area contributed by atoms with Gasteiger partial charge in [-0.15, -0.1) is 0 Å². The van der Waals surface area contributed by atoms with E-state index in [2.05, 4.69) is 5.32 Å². The maximum Gasteiger partial charge on any atom is 0.244 e. The van der Waals surface area contributed by atoms with Crippen molar-refractivity contribution in [2.24, 2.45) is 0 Å². The van der Waals surface area contributed by atoms with Gasteiger partial charge in [0.05, 0.1) is 12.5 Å². The second-order valence-electron chi connectivity index (χ2n) is 4.04. The van der Waals surface area contributed by atoms with Crippen molar-refractivity contribution in [3.05, 3.63) is 54.4 Å². The molecule has 0 radical (unpaired) electrons. The Labute approximate surface area is 105 Å². The molecule has 0 bridgehead atoms. The summed E-state index contributed by atoms with van der Waals surface area (Å²) >= 11 is 0. The maximum absolute atomic E-state index is 11.6. The second kappa shape index (κ2) is 5.91. The lowest BCUT2D eigenvalue weighted by atomic mass is 10.2. The Kier molecular flexibility index (Phi) is 4.02. The van der Waals surface area contributed by atoms with Gasteiger partial charge in [0.1, 0.15) is 11.5 Å². The first kappa shape index (κ1) is 12.2. The number of hydrogen-bond acceptors (Lipinski definition) is 3. The van der Waals surface area contributed by atoms with E-state index >= 15 is 0 Å². The molecule has 0 saturated carbocycles. The molecule has 0 fully saturated rings. The zero-order valence-electron chi connectivity index (χ0n) is 10.1. The van der Waals surface area contributed by atoms with Gasteiger partial charge in [0.15, 0.2) is 0 Å². The predicted octanol–water partition coefficient (Wildman–Crippen LogP) is 2.63. The highest BCUT2D eigenvalue weighted by Crippen LogP contribution is 2.04. The van der Waals surface area contributed by atoms with Crippen molar-refractivity contribution in [1.29, 1.82) is 0 Å². The molecule has 0 aliphatic rings. The Balaban J connectivity index is 1.80. The van der Waals surface area contributed by atoms with Crippen molar-refractivity contribution in [2.45, 2.75) is 19.4 Å². The topological polar surface area (TPSA) is 55.4 Å². The third-order valence-corrected chi connectivity index (χ3v) is 2.42. The molecule has 1 N–H and O–H groups in total. The molecule has 18 heavy (non-hydrogen) atoms. The van der Waals surface area contributed by atoms with Crippen LogP contribution < -0.4 is 5.32 Å². The molecule has 0 aromatic carbocycles. The van der Waals surface area contributed by atoms with E-state index in [4.69, 9.17) is 8.83 Å². The fraction of sp³-hybridized carbons (Fsp3) is 0.214. The van der Waals surface area contributed by atoms with Crippen LogP contribution in [-0.2, 0) is 11.2 Å². The Morgan fingerprint density at radius 1 is 1.33 bits per heavy atom. The number of nitrogens with one attached hydrogen (secondary N) is 1. The molecule has 2 heterocycles. The summed E-state index contributed by atoms with van der Waals surface area (Å²) in [6.07, 6.45) is 6.96. The quantitative estimate of drug-likeness (QED) is 0.824. The van der Waals surface area contributed by atoms with Crippen LogP contribution >= 0.6 is 0 Å². The van der Waals surface area contributed by atoms with Crippen LogP contribution in [0, 0.1) is 0 Å². The Bertz CT molecular complexity index is 497. The van der Waals surface area contributed by atoms with Crippen molar-refractivity contribution >= 4 is 12.0 Å². The molecule has 4 nitrogen and oxygen atoms in total. The average Bonchev–Trinajstić information content (AvgIpc) is 2.98. The summed E-state index contributed by atoms with van der Waals surface area (Å²) in [5, 5.41) is 2.85. The molecule has 0 aliphatic heterocycles. The van der Waals surface area contributed by atoms with E-state index in [0.29, 0.717) is 12.2 Å². The largest absolute Gasteiger partial charge is 0.469 e. The van der Waals surface area contributed by atoms with Gasteiger partial charge >= 0.3 is 0 Å². The summed E-state index contributed by atoms with van der Waals surface area (Å²) in [6, 6.07) is 7.31. The molecule has 1 amide bonds. The van der Waals surface area contributed by atoms with Gasteiger partial charge in [0, 0.05) is 18.5 Å². The zero-order valence-corrected chi connectivity index (χ0v) is 10.1. The zero-order chi connectivity index (χ0) is 12.8. The van der Waals surface area contributed by atoms with Crippen LogP contribution in [-0.4, -0.2) is 11.9 Å². The van der Waals surface area contributed by atoms with Gasteiger partial charge in [-0.25, -0.2) is 0 Å². The first-order valence-corrected chi connectivity index (χ1v) is 5.78. The normalized spacial score (nSPS) is 12.7. The van der Waals surface area contributed by atoms with Gasteiger partial charge in [0.2, 0.25) is 5.91 Å². The number of hydrogen-bond donors (Lipinski definition) is 1. The molecular weight excluding hydrogens is 230 g/mol. The van der Waals surface area contributed by atoms with E-state index in [1.807, 2.05) is 19.1 Å². The van der Waals surface area contributed by atoms with Crippen LogP contribution in [0.2, 0.25) is 0 Å². The molecular formula is C14H15NO3. The van der Waals surface area contributed by atoms with E-state index in [1.54, 1.807) is 30.7 Å². The number of rotatable bonds is 5. The Morgan fingerprint density at radius 3 is 2.78 bits per heavy atom. The van der Waals surface area contributed by atoms with Gasteiger partial charge in [0.25, 0.3) is 0 Å². The number of carbonyl (C=O) groups excluding carboxylic acids is 1. The van der Waals surface area contributed by atoms with E-state index < -0.39 is 0 Å². The van der Waals surface area contributed by atoms with Crippen molar-refractivity contribution < 1.29 is 13.6 Å². The Hall–Kier alpha value is -2.23. The summed E-state index contributed by atoms with van der Waals surface area (Å²) in [5.41, 5.74) is 0. The molecule has 1 atom stereocenters. The minimum absolute atomic E-state index is 0.0184. The Morgan fingerprint density at radius 2 is 2.11 bits per heavy atom. The van der Waals surface area contributed by atoms with Crippen molar-refractivity contribution in [2.75, 3.05) is 0 Å². The molecule has 94 valence electrons. The van der Waals surface area contributed by atoms with Gasteiger partial charge in [-0.3, -0.25) is 4.79 Å². The first-order chi connectivity index (χ1) is 8.74. The monoisotopic (exact) mass is 245 g/mol. The average molecular weight is 245 g/mol. The van der Waals surface area contributed by atoms with Gasteiger partial charge in [-0.05, 0) is 37.3 Å². The van der Waals surface area contributed by atoms with Crippen LogP contribution in [0.15, 0.2) is 51.7 Å². The van der Waals surface area contributed by atoms with Crippen molar-refractivity contribution in [3.63, 3.8) is 0 Å². The highest BCUT2D eigenvalue weighted by molar-refractivity contribution is 5.91. The predicted molar refractivity (Wildman–Crippen MR) is 67.8 cm³/mol. The third kappa shape index (κ3) is 3.66. The summed E-state index contributed by atoms with van der Waals surface area (Å²) in [7, 11) is 0. The van der Waals surface area contributed by atoms with Crippen LogP contribution in [0.4, 0.5) is 0 Å². The summed E-state index contributed by atoms with van der Waals surface area (Å²) in [5.74, 6) is 1.37. The first-order valence-electron chi connectivity index (χ1n) is 5.78. The lowest BCUT2D eigenvalue weighted by Gasteiger charge is -2.10. The number of amides is 1. The summed E-state index contributed by atoms with van der Waals surface area (Å²) < 4.78 is 10.3. The second-order valence-corrected chi connectivity index (χ2v) is 4.04. The summed E-state index contributed by atoms with van der Waals surface area (Å²) in [4.78, 5) is 11.6. The van der Waals surface area contributed by atoms with Crippen molar-refractivity contribution in [1.82, 2.24) is 5.32 Å². The number of carbonyl (C=O) groups is 1. The molecule has 2 rings (SSSR count). The molecule has 0 saturated heterocycles. The molecule has 0 spiro atoms. The van der Waals surface area contributed by atoms with Gasteiger partial charge in [-0.1, -0.05) is 0 Å². The standard InChI is InChI=1S/C14H15NO3/c1-11(10-13-5-3-9-18-13)15-14(16)7-6-12-4-2-8-17-12/h2-9,11H,10H2,1H3,(H,15,16)/b7-6+. The van der Waals surface area contributed by atoms with Crippen LogP contribution in [0.5, 0.6) is 0 Å². The number of furan rings is 2. The molecule has 2 aromatic heterocycles. The smallest absolute Gasteiger partial charge is 0.244 e. The van der Waals surface area contributed by atoms with Crippen LogP contribution in [0.25, 0.3) is 6.08 Å². The molecule has 2 aromatic rings. The third-order valence-electron chi connectivity index (χ3n) is 2.42. The lowest BCUT2D eigenvalue weighted by Crippen LogP contribution is -2.32. The molecule has 4 heteroatoms. The fourth-order valence-corrected chi connectivity index (χ4v) is 1.62. The van der Waals surface area contributed by atoms with Crippen LogP contribution in [0.1, 0.15) is 18.4 Å². The molecule has 1 unspecified atom stereocenters. The SMILES string of the molecule is CC(Cc1ccco1)NC(=O)/C=C/c1ccco1. The minimum atomic E-state index is -0.148. The van der Waals surface area contributed by atoms with Crippen molar-refractivity contribution in [3.8, 4) is 0 Å². The maximum atomic E-state index is 11.6. The van der Waals surface area contributed by atoms with E-state index in [9.17, 15) is 4.79 Å². The minimum Gasteiger partial charge on any atom is -0.469 e. The van der Waals surface area contributed by atoms with E-state index in [-0.39, 0.29) is 11.9 Å². The van der Waals surface area contributed by atoms with E-state index in [0.717, 1.165) is 5.76 Å². The summed E-state index contributed by atoms with van der Waals surface area (Å²) in [6.45, 7) is 1.93. The van der Waals surface area contributed by atoms with Gasteiger partial charge < -0.3 is 14.2 Å². The highest BCUT2D eigenvalue weighted by Gasteiger charge is 2.07.